The van der Waals surface area contributed by atoms with Gasteiger partial charge in [-0.1, -0.05) is 12.1 Å². The van der Waals surface area contributed by atoms with Crippen molar-refractivity contribution in [1.82, 2.24) is 15.5 Å². The molecule has 2 aliphatic rings. The third-order valence-corrected chi connectivity index (χ3v) is 4.58. The van der Waals surface area contributed by atoms with Crippen molar-refractivity contribution in [3.05, 3.63) is 35.6 Å². The van der Waals surface area contributed by atoms with E-state index in [0.717, 1.165) is 37.8 Å². The number of benzene rings is 1. The fourth-order valence-electron chi connectivity index (χ4n) is 3.33. The molecule has 2 atom stereocenters. The molecule has 0 bridgehead atoms. The molecule has 0 radical (unpaired) electrons. The molecule has 1 aliphatic carbocycles. The molecule has 0 aromatic heterocycles. The van der Waals surface area contributed by atoms with Gasteiger partial charge >= 0.3 is 0 Å². The van der Waals surface area contributed by atoms with Gasteiger partial charge in [0.25, 0.3) is 0 Å². The summed E-state index contributed by atoms with van der Waals surface area (Å²) in [5, 5.41) is 6.01. The summed E-state index contributed by atoms with van der Waals surface area (Å²) in [6, 6.07) is 6.01. The molecule has 1 aromatic carbocycles. The quantitative estimate of drug-likeness (QED) is 0.863. The third-order valence-electron chi connectivity index (χ3n) is 4.58. The highest BCUT2D eigenvalue weighted by atomic mass is 19.1. The molecule has 1 aromatic rings. The molecule has 5 nitrogen and oxygen atoms in total. The van der Waals surface area contributed by atoms with Crippen LogP contribution >= 0.6 is 0 Å². The van der Waals surface area contributed by atoms with Crippen molar-refractivity contribution in [3.63, 3.8) is 0 Å². The summed E-state index contributed by atoms with van der Waals surface area (Å²) in [4.78, 5) is 26.2. The van der Waals surface area contributed by atoms with Gasteiger partial charge in [-0.3, -0.25) is 14.5 Å². The molecular weight excluding hydrogens is 309 g/mol. The summed E-state index contributed by atoms with van der Waals surface area (Å²) in [5.41, 5.74) is 0.790. The third kappa shape index (κ3) is 4.32. The lowest BCUT2D eigenvalue weighted by atomic mass is 9.98. The number of carbonyl (C=O) groups excluding carboxylic acids is 2. The van der Waals surface area contributed by atoms with Crippen molar-refractivity contribution in [2.75, 3.05) is 13.1 Å². The van der Waals surface area contributed by atoms with Crippen LogP contribution in [0.1, 0.15) is 44.2 Å². The van der Waals surface area contributed by atoms with Crippen LogP contribution in [0.4, 0.5) is 4.39 Å². The first-order chi connectivity index (χ1) is 11.5. The fourth-order valence-corrected chi connectivity index (χ4v) is 3.33. The molecule has 24 heavy (non-hydrogen) atoms. The van der Waals surface area contributed by atoms with E-state index in [4.69, 9.17) is 0 Å². The van der Waals surface area contributed by atoms with E-state index in [-0.39, 0.29) is 29.7 Å². The van der Waals surface area contributed by atoms with Gasteiger partial charge in [0.2, 0.25) is 11.8 Å². The predicted octanol–water partition coefficient (Wildman–Crippen LogP) is 1.75. The predicted molar refractivity (Wildman–Crippen MR) is 88.7 cm³/mol. The maximum atomic E-state index is 13.3. The van der Waals surface area contributed by atoms with Crippen LogP contribution in [0, 0.1) is 5.82 Å². The molecule has 1 aliphatic heterocycles. The summed E-state index contributed by atoms with van der Waals surface area (Å²) in [6.07, 6.45) is 3.88. The average molecular weight is 333 g/mol. The molecule has 2 amide bonds. The van der Waals surface area contributed by atoms with Crippen molar-refractivity contribution in [3.8, 4) is 0 Å². The normalized spacial score (nSPS) is 22.7. The highest BCUT2D eigenvalue weighted by Crippen LogP contribution is 2.27. The Bertz CT molecular complexity index is 601. The fraction of sp³-hybridized carbons (Fsp3) is 0.556. The molecule has 6 heteroatoms. The van der Waals surface area contributed by atoms with E-state index in [0.29, 0.717) is 6.54 Å². The molecule has 1 heterocycles. The number of amides is 2. The van der Waals surface area contributed by atoms with Crippen LogP contribution in [-0.4, -0.2) is 41.9 Å². The van der Waals surface area contributed by atoms with Crippen LogP contribution in [0.2, 0.25) is 0 Å². The maximum Gasteiger partial charge on any atom is 0.242 e. The highest BCUT2D eigenvalue weighted by Gasteiger charge is 2.34. The van der Waals surface area contributed by atoms with Crippen LogP contribution in [-0.2, 0) is 9.59 Å². The number of likely N-dealkylation sites (tertiary alicyclic amines) is 1. The minimum atomic E-state index is -0.442. The van der Waals surface area contributed by atoms with Gasteiger partial charge in [0.1, 0.15) is 11.9 Å². The molecule has 2 N–H and O–H groups in total. The molecule has 0 spiro atoms. The molecule has 1 saturated heterocycles. The second-order valence-corrected chi connectivity index (χ2v) is 6.77. The van der Waals surface area contributed by atoms with E-state index in [2.05, 4.69) is 15.5 Å². The number of carbonyl (C=O) groups is 2. The van der Waals surface area contributed by atoms with Gasteiger partial charge in [-0.25, -0.2) is 4.39 Å². The summed E-state index contributed by atoms with van der Waals surface area (Å²) >= 11 is 0. The van der Waals surface area contributed by atoms with Crippen LogP contribution in [0.3, 0.4) is 0 Å². The SMILES string of the molecule is CC(=O)N[C@@H]1CCCN([C@H](C(=O)NC2CC2)c2ccc(F)cc2)C1. The van der Waals surface area contributed by atoms with Crippen molar-refractivity contribution in [1.29, 1.82) is 0 Å². The number of nitrogens with one attached hydrogen (secondary N) is 2. The van der Waals surface area contributed by atoms with E-state index >= 15 is 0 Å². The van der Waals surface area contributed by atoms with Crippen LogP contribution in [0.15, 0.2) is 24.3 Å². The lowest BCUT2D eigenvalue weighted by Gasteiger charge is -2.38. The lowest BCUT2D eigenvalue weighted by molar-refractivity contribution is -0.127. The Hall–Kier alpha value is -1.95. The van der Waals surface area contributed by atoms with Gasteiger partial charge in [0.15, 0.2) is 0 Å². The smallest absolute Gasteiger partial charge is 0.242 e. The van der Waals surface area contributed by atoms with Gasteiger partial charge in [-0.15, -0.1) is 0 Å². The first-order valence-corrected chi connectivity index (χ1v) is 8.60. The Labute approximate surface area is 141 Å². The highest BCUT2D eigenvalue weighted by molar-refractivity contribution is 5.83. The average Bonchev–Trinajstić information content (AvgIpc) is 3.33. The van der Waals surface area contributed by atoms with E-state index in [1.807, 2.05) is 0 Å². The number of nitrogens with zero attached hydrogens (tertiary/aromatic N) is 1. The van der Waals surface area contributed by atoms with Crippen molar-refractivity contribution in [2.45, 2.75) is 50.7 Å². The molecule has 3 rings (SSSR count). The summed E-state index contributed by atoms with van der Waals surface area (Å²) < 4.78 is 13.3. The van der Waals surface area contributed by atoms with E-state index in [9.17, 15) is 14.0 Å². The van der Waals surface area contributed by atoms with Crippen molar-refractivity contribution >= 4 is 11.8 Å². The first-order valence-electron chi connectivity index (χ1n) is 8.60. The number of halogens is 1. The molecule has 1 saturated carbocycles. The van der Waals surface area contributed by atoms with Crippen molar-refractivity contribution in [2.24, 2.45) is 0 Å². The van der Waals surface area contributed by atoms with Gasteiger partial charge in [0, 0.05) is 25.6 Å². The van der Waals surface area contributed by atoms with Crippen LogP contribution < -0.4 is 10.6 Å². The summed E-state index contributed by atoms with van der Waals surface area (Å²) in [7, 11) is 0. The van der Waals surface area contributed by atoms with Crippen LogP contribution in [0.25, 0.3) is 0 Å². The van der Waals surface area contributed by atoms with Crippen LogP contribution in [0.5, 0.6) is 0 Å². The van der Waals surface area contributed by atoms with Gasteiger partial charge in [-0.05, 0) is 49.9 Å². The topological polar surface area (TPSA) is 61.4 Å². The van der Waals surface area contributed by atoms with Gasteiger partial charge in [0.05, 0.1) is 0 Å². The van der Waals surface area contributed by atoms with Gasteiger partial charge in [-0.2, -0.15) is 0 Å². The molecule has 2 fully saturated rings. The Morgan fingerprint density at radius 2 is 1.83 bits per heavy atom. The number of hydrogen-bond acceptors (Lipinski definition) is 3. The summed E-state index contributed by atoms with van der Waals surface area (Å²) in [5.74, 6) is -0.398. The number of rotatable bonds is 5. The number of hydrogen-bond donors (Lipinski definition) is 2. The van der Waals surface area contributed by atoms with Crippen molar-refractivity contribution < 1.29 is 14.0 Å². The minimum Gasteiger partial charge on any atom is -0.352 e. The monoisotopic (exact) mass is 333 g/mol. The molecule has 0 unspecified atom stereocenters. The zero-order valence-electron chi connectivity index (χ0n) is 13.9. The molecular formula is C18H24FN3O2. The minimum absolute atomic E-state index is 0.0346. The van der Waals surface area contributed by atoms with E-state index in [1.165, 1.54) is 19.1 Å². The zero-order valence-corrected chi connectivity index (χ0v) is 13.9. The second-order valence-electron chi connectivity index (χ2n) is 6.77. The zero-order chi connectivity index (χ0) is 17.1. The summed E-state index contributed by atoms with van der Waals surface area (Å²) in [6.45, 7) is 2.92. The standard InChI is InChI=1S/C18H24FN3O2/c1-12(23)20-16-3-2-10-22(11-16)17(18(24)21-15-8-9-15)13-4-6-14(19)7-5-13/h4-7,15-17H,2-3,8-11H2,1H3,(H,20,23)(H,21,24)/t16-,17+/m1/s1. The Morgan fingerprint density at radius 1 is 1.12 bits per heavy atom. The lowest BCUT2D eigenvalue weighted by Crippen LogP contribution is -2.51. The molecule has 130 valence electrons. The second kappa shape index (κ2) is 7.30. The van der Waals surface area contributed by atoms with E-state index < -0.39 is 6.04 Å². The largest absolute Gasteiger partial charge is 0.352 e. The number of piperidine rings is 1. The Balaban J connectivity index is 1.78. The maximum absolute atomic E-state index is 13.3. The van der Waals surface area contributed by atoms with Gasteiger partial charge < -0.3 is 10.6 Å². The van der Waals surface area contributed by atoms with E-state index in [1.54, 1.807) is 12.1 Å². The Morgan fingerprint density at radius 3 is 2.46 bits per heavy atom. The first kappa shape index (κ1) is 16.9. The Kier molecular flexibility index (Phi) is 5.14.